The lowest BCUT2D eigenvalue weighted by Crippen LogP contribution is -2.56. The number of aliphatic hydroxyl groups excluding tert-OH is 1. The number of ether oxygens (including phenoxy) is 1. The Kier molecular flexibility index (Phi) is 7.49. The van der Waals surface area contributed by atoms with Crippen molar-refractivity contribution in [3.8, 4) is 0 Å². The second-order valence-corrected chi connectivity index (χ2v) is 10.5. The van der Waals surface area contributed by atoms with Crippen LogP contribution in [-0.4, -0.2) is 63.3 Å². The van der Waals surface area contributed by atoms with E-state index in [9.17, 15) is 19.1 Å². The Balaban J connectivity index is 1.35. The predicted octanol–water partition coefficient (Wildman–Crippen LogP) is 3.30. The third-order valence-corrected chi connectivity index (χ3v) is 8.04. The first kappa shape index (κ1) is 26.3. The molecule has 3 aromatic rings. The number of carbonyl (C=O) groups is 1. The van der Waals surface area contributed by atoms with E-state index in [1.54, 1.807) is 10.6 Å². The van der Waals surface area contributed by atoms with Gasteiger partial charge < -0.3 is 19.7 Å². The number of aryl methyl sites for hydroxylation is 1. The van der Waals surface area contributed by atoms with Gasteiger partial charge in [0.05, 0.1) is 25.3 Å². The maximum Gasteiger partial charge on any atom is 0.411 e. The van der Waals surface area contributed by atoms with Crippen LogP contribution in [0.2, 0.25) is 0 Å². The van der Waals surface area contributed by atoms with Crippen LogP contribution in [0.3, 0.4) is 0 Å². The molecule has 38 heavy (non-hydrogen) atoms. The number of alkyl carbamates (subject to hydrolysis) is 1. The summed E-state index contributed by atoms with van der Waals surface area (Å²) in [7, 11) is 0. The van der Waals surface area contributed by atoms with Gasteiger partial charge in [0.15, 0.2) is 5.58 Å². The lowest BCUT2D eigenvalue weighted by Gasteiger charge is -2.42. The van der Waals surface area contributed by atoms with Gasteiger partial charge >= 0.3 is 6.09 Å². The van der Waals surface area contributed by atoms with Gasteiger partial charge in [-0.2, -0.15) is 0 Å². The monoisotopic (exact) mass is 528 g/mol. The highest BCUT2D eigenvalue weighted by Gasteiger charge is 2.37. The number of piperidine rings is 1. The van der Waals surface area contributed by atoms with Crippen LogP contribution in [0.5, 0.6) is 0 Å². The zero-order valence-electron chi connectivity index (χ0n) is 21.9. The van der Waals surface area contributed by atoms with Crippen molar-refractivity contribution in [3.63, 3.8) is 0 Å². The normalized spacial score (nSPS) is 23.3. The zero-order valence-corrected chi connectivity index (χ0v) is 21.9. The average molecular weight is 529 g/mol. The summed E-state index contributed by atoms with van der Waals surface area (Å²) in [5, 5.41) is 18.1. The van der Waals surface area contributed by atoms with Crippen molar-refractivity contribution in [2.45, 2.75) is 64.5 Å². The number of hydrogen-bond acceptors (Lipinski definition) is 7. The van der Waals surface area contributed by atoms with E-state index >= 15 is 0 Å². The molecule has 2 aliphatic heterocycles. The standard InChI is InChI=1S/C27H34FN5O5/c1-3-29-27(36)37-16-33(14-10-20-17(2)30-25-22(34)5-4-11-32(25)26(20)35)12-8-18(9-13-33)24-21-7-6-19(28)15-23(21)38-31-24/h6-7,15,18,22,34H,3-5,8-14,16H2,1-2H3/p+1. The molecule has 204 valence electrons. The lowest BCUT2D eigenvalue weighted by atomic mass is 9.90. The molecule has 1 unspecified atom stereocenters. The largest absolute Gasteiger partial charge is 0.411 e. The SMILES string of the molecule is CCNC(=O)OC[N+]1(CCc2c(C)nc3n(c2=O)CCCC3O)CCC(c2noc3cc(F)ccc23)CC1. The van der Waals surface area contributed by atoms with E-state index in [4.69, 9.17) is 9.26 Å². The zero-order chi connectivity index (χ0) is 26.9. The number of benzene rings is 1. The van der Waals surface area contributed by atoms with Gasteiger partial charge in [-0.1, -0.05) is 5.16 Å². The Hall–Kier alpha value is -3.31. The van der Waals surface area contributed by atoms with Gasteiger partial charge in [0.2, 0.25) is 6.73 Å². The molecule has 1 amide bonds. The molecule has 5 rings (SSSR count). The Morgan fingerprint density at radius 3 is 2.87 bits per heavy atom. The number of hydrogen-bond donors (Lipinski definition) is 2. The molecule has 0 spiro atoms. The summed E-state index contributed by atoms with van der Waals surface area (Å²) in [5.41, 5.74) is 2.46. The number of quaternary nitrogens is 1. The number of likely N-dealkylation sites (tertiary alicyclic amines) is 1. The molecular weight excluding hydrogens is 493 g/mol. The number of carbonyl (C=O) groups excluding carboxylic acids is 1. The highest BCUT2D eigenvalue weighted by Crippen LogP contribution is 2.35. The van der Waals surface area contributed by atoms with Gasteiger partial charge in [0.25, 0.3) is 5.56 Å². The fourth-order valence-electron chi connectivity index (χ4n) is 5.82. The Bertz CT molecular complexity index is 1380. The number of amides is 1. The maximum absolute atomic E-state index is 13.6. The number of fused-ring (bicyclic) bond motifs is 2. The molecule has 0 saturated carbocycles. The smallest absolute Gasteiger partial charge is 0.399 e. The summed E-state index contributed by atoms with van der Waals surface area (Å²) in [6.45, 7) is 6.93. The van der Waals surface area contributed by atoms with E-state index < -0.39 is 12.2 Å². The van der Waals surface area contributed by atoms with Crippen LogP contribution in [0.4, 0.5) is 9.18 Å². The van der Waals surface area contributed by atoms with Crippen molar-refractivity contribution < 1.29 is 28.0 Å². The van der Waals surface area contributed by atoms with Gasteiger partial charge in [-0.05, 0) is 38.8 Å². The Morgan fingerprint density at radius 1 is 1.32 bits per heavy atom. The second kappa shape index (κ2) is 10.8. The van der Waals surface area contributed by atoms with Crippen molar-refractivity contribution in [3.05, 3.63) is 57.1 Å². The van der Waals surface area contributed by atoms with Gasteiger partial charge in [-0.3, -0.25) is 13.8 Å². The summed E-state index contributed by atoms with van der Waals surface area (Å²) >= 11 is 0. The van der Waals surface area contributed by atoms with Crippen LogP contribution in [0.1, 0.15) is 67.4 Å². The summed E-state index contributed by atoms with van der Waals surface area (Å²) in [6.07, 6.45) is 2.23. The summed E-state index contributed by atoms with van der Waals surface area (Å²) in [4.78, 5) is 30.1. The van der Waals surface area contributed by atoms with E-state index in [1.807, 2.05) is 13.8 Å². The molecule has 2 aromatic heterocycles. The number of nitrogens with one attached hydrogen (secondary N) is 1. The van der Waals surface area contributed by atoms with Crippen LogP contribution in [0, 0.1) is 12.7 Å². The Morgan fingerprint density at radius 2 is 2.11 bits per heavy atom. The van der Waals surface area contributed by atoms with Gasteiger partial charge in [-0.25, -0.2) is 14.2 Å². The van der Waals surface area contributed by atoms with E-state index in [0.717, 1.165) is 43.4 Å². The average Bonchev–Trinajstić information content (AvgIpc) is 3.32. The molecule has 0 bridgehead atoms. The topological polar surface area (TPSA) is 119 Å². The number of rotatable bonds is 7. The molecule has 11 heteroatoms. The molecule has 10 nitrogen and oxygen atoms in total. The fraction of sp³-hybridized carbons (Fsp3) is 0.556. The fourth-order valence-corrected chi connectivity index (χ4v) is 5.82. The molecule has 1 atom stereocenters. The minimum atomic E-state index is -0.712. The van der Waals surface area contributed by atoms with Crippen LogP contribution in [-0.2, 0) is 17.7 Å². The third-order valence-electron chi connectivity index (χ3n) is 8.04. The first-order chi connectivity index (χ1) is 18.3. The van der Waals surface area contributed by atoms with Crippen LogP contribution in [0.15, 0.2) is 27.5 Å². The lowest BCUT2D eigenvalue weighted by molar-refractivity contribution is -0.947. The summed E-state index contributed by atoms with van der Waals surface area (Å²) < 4.78 is 26.7. The van der Waals surface area contributed by atoms with Crippen molar-refractivity contribution in [2.75, 3.05) is 32.9 Å². The van der Waals surface area contributed by atoms with Crippen LogP contribution in [0.25, 0.3) is 11.0 Å². The molecule has 2 aliphatic rings. The molecule has 0 aliphatic carbocycles. The number of aliphatic hydroxyl groups is 1. The van der Waals surface area contributed by atoms with Gasteiger partial charge in [0.1, 0.15) is 17.7 Å². The molecule has 1 saturated heterocycles. The van der Waals surface area contributed by atoms with Crippen molar-refractivity contribution in [1.29, 1.82) is 0 Å². The first-order valence-corrected chi connectivity index (χ1v) is 13.4. The molecule has 2 N–H and O–H groups in total. The predicted molar refractivity (Wildman–Crippen MR) is 137 cm³/mol. The van der Waals surface area contributed by atoms with Crippen molar-refractivity contribution >= 4 is 17.1 Å². The van der Waals surface area contributed by atoms with Crippen LogP contribution < -0.4 is 10.9 Å². The molecule has 1 fully saturated rings. The van der Waals surface area contributed by atoms with E-state index in [1.165, 1.54) is 12.1 Å². The van der Waals surface area contributed by atoms with Gasteiger partial charge in [0, 0.05) is 61.0 Å². The quantitative estimate of drug-likeness (QED) is 0.452. The molecule has 4 heterocycles. The molecule has 0 radical (unpaired) electrons. The molecule has 1 aromatic carbocycles. The first-order valence-electron chi connectivity index (χ1n) is 13.4. The summed E-state index contributed by atoms with van der Waals surface area (Å²) in [5.74, 6) is 0.225. The number of aromatic nitrogens is 3. The third kappa shape index (κ3) is 5.17. The van der Waals surface area contributed by atoms with E-state index in [2.05, 4.69) is 15.5 Å². The highest BCUT2D eigenvalue weighted by atomic mass is 19.1. The minimum Gasteiger partial charge on any atom is -0.399 e. The second-order valence-electron chi connectivity index (χ2n) is 10.5. The van der Waals surface area contributed by atoms with Crippen molar-refractivity contribution in [1.82, 2.24) is 20.0 Å². The maximum atomic E-state index is 13.6. The molecular formula is C27H35FN5O5+. The minimum absolute atomic E-state index is 0.0924. The van der Waals surface area contributed by atoms with Gasteiger partial charge in [-0.15, -0.1) is 0 Å². The highest BCUT2D eigenvalue weighted by molar-refractivity contribution is 5.79. The van der Waals surface area contributed by atoms with Crippen molar-refractivity contribution in [2.24, 2.45) is 0 Å². The number of halogens is 1. The Labute approximate surface area is 220 Å². The number of nitrogens with zero attached hydrogens (tertiary/aromatic N) is 4. The van der Waals surface area contributed by atoms with E-state index in [-0.39, 0.29) is 24.0 Å². The van der Waals surface area contributed by atoms with Crippen LogP contribution >= 0.6 is 0 Å². The van der Waals surface area contributed by atoms with E-state index in [0.29, 0.717) is 59.6 Å². The summed E-state index contributed by atoms with van der Waals surface area (Å²) in [6, 6.07) is 4.47.